The van der Waals surface area contributed by atoms with Gasteiger partial charge in [0.1, 0.15) is 35.4 Å². The first-order chi connectivity index (χ1) is 26.6. The summed E-state index contributed by atoms with van der Waals surface area (Å²) < 4.78 is 39.2. The van der Waals surface area contributed by atoms with Gasteiger partial charge in [0.05, 0.1) is 18.6 Å². The van der Waals surface area contributed by atoms with Crippen molar-refractivity contribution >= 4 is 27.8 Å². The Balaban J connectivity index is 1.16. The Labute approximate surface area is 314 Å². The molecule has 1 saturated heterocycles. The molecular weight excluding hydrogens is 677 g/mol. The van der Waals surface area contributed by atoms with Crippen molar-refractivity contribution in [1.29, 1.82) is 0 Å². The third kappa shape index (κ3) is 7.90. The predicted octanol–water partition coefficient (Wildman–Crippen LogP) is 9.62. The van der Waals surface area contributed by atoms with E-state index in [1.807, 2.05) is 152 Å². The Bertz CT molecular complexity index is 2390. The standard InChI is InChI=1S/C47H40O7/c1-49-47-46(51-31-34-16-7-3-8-17-34)45(50-30-33-14-5-2-6-15-33)44(53-40-23-13-21-35-18-11-12-22-37(35)40)42(54-47)27-25-32-24-26-41-38(28-32)39(48)29-43(52-41)36-19-9-4-10-20-36/h2-29,42,44-47H,30-31H2,1H3/b27-25+/t42-,44-,45+,46-,47+/m1/s1. The molecule has 7 nitrogen and oxygen atoms in total. The van der Waals surface area contributed by atoms with Gasteiger partial charge in [0.2, 0.25) is 0 Å². The molecule has 0 unspecified atom stereocenters. The van der Waals surface area contributed by atoms with E-state index in [1.165, 1.54) is 6.07 Å². The van der Waals surface area contributed by atoms with Crippen LogP contribution in [-0.2, 0) is 32.2 Å². The SMILES string of the molecule is CO[C@H]1O[C@H](/C=C/c2ccc3oc(-c4ccccc4)cc(=O)c3c2)[C@@H](Oc2cccc3ccccc23)[C@H](OCc2ccccc2)[C@H]1OCc1ccccc1. The molecule has 8 rings (SSSR count). The third-order valence-corrected chi connectivity index (χ3v) is 9.63. The highest BCUT2D eigenvalue weighted by Gasteiger charge is 2.48. The second kappa shape index (κ2) is 16.5. The summed E-state index contributed by atoms with van der Waals surface area (Å²) in [7, 11) is 1.61. The summed E-state index contributed by atoms with van der Waals surface area (Å²) in [5, 5.41) is 2.51. The van der Waals surface area contributed by atoms with Crippen molar-refractivity contribution in [3.8, 4) is 17.1 Å². The van der Waals surface area contributed by atoms with Gasteiger partial charge in [-0.1, -0.05) is 146 Å². The van der Waals surface area contributed by atoms with E-state index in [9.17, 15) is 4.79 Å². The van der Waals surface area contributed by atoms with Crippen LogP contribution in [0.2, 0.25) is 0 Å². The normalized spacial score (nSPS) is 20.1. The average Bonchev–Trinajstić information content (AvgIpc) is 3.23. The minimum absolute atomic E-state index is 0.122. The average molecular weight is 717 g/mol. The Kier molecular flexibility index (Phi) is 10.7. The van der Waals surface area contributed by atoms with Crippen molar-refractivity contribution in [1.82, 2.24) is 0 Å². The first kappa shape index (κ1) is 35.2. The maximum absolute atomic E-state index is 13.3. The zero-order valence-corrected chi connectivity index (χ0v) is 29.8. The van der Waals surface area contributed by atoms with Gasteiger partial charge in [0.25, 0.3) is 0 Å². The monoisotopic (exact) mass is 716 g/mol. The Morgan fingerprint density at radius 1 is 0.630 bits per heavy atom. The van der Waals surface area contributed by atoms with Gasteiger partial charge in [-0.25, -0.2) is 0 Å². The van der Waals surface area contributed by atoms with E-state index < -0.39 is 30.7 Å². The number of methoxy groups -OCH3 is 1. The van der Waals surface area contributed by atoms with E-state index in [4.69, 9.17) is 28.1 Å². The quantitative estimate of drug-likeness (QED) is 0.125. The van der Waals surface area contributed by atoms with Crippen molar-refractivity contribution in [3.63, 3.8) is 0 Å². The molecule has 2 heterocycles. The Hall–Kier alpha value is -5.83. The molecule has 5 atom stereocenters. The number of hydrogen-bond donors (Lipinski definition) is 0. The Morgan fingerprint density at radius 3 is 2.00 bits per heavy atom. The summed E-state index contributed by atoms with van der Waals surface area (Å²) in [4.78, 5) is 13.3. The fraction of sp³-hybridized carbons (Fsp3) is 0.170. The second-order valence-corrected chi connectivity index (χ2v) is 13.2. The molecule has 1 aromatic heterocycles. The molecule has 1 aliphatic heterocycles. The van der Waals surface area contributed by atoms with Gasteiger partial charge in [-0.15, -0.1) is 0 Å². The van der Waals surface area contributed by atoms with E-state index >= 15 is 0 Å². The molecule has 0 N–H and O–H groups in total. The van der Waals surface area contributed by atoms with Gasteiger partial charge < -0.3 is 28.1 Å². The summed E-state index contributed by atoms with van der Waals surface area (Å²) in [6.45, 7) is 0.650. The highest BCUT2D eigenvalue weighted by atomic mass is 16.7. The molecule has 0 aliphatic carbocycles. The van der Waals surface area contributed by atoms with Gasteiger partial charge in [-0.2, -0.15) is 0 Å². The van der Waals surface area contributed by atoms with Crippen LogP contribution in [-0.4, -0.2) is 37.8 Å². The molecule has 0 amide bonds. The van der Waals surface area contributed by atoms with Crippen LogP contribution in [0.5, 0.6) is 5.75 Å². The number of hydrogen-bond acceptors (Lipinski definition) is 7. The van der Waals surface area contributed by atoms with E-state index in [2.05, 4.69) is 12.1 Å². The van der Waals surface area contributed by atoms with Crippen LogP contribution in [0.25, 0.3) is 39.1 Å². The van der Waals surface area contributed by atoms with Gasteiger partial charge >= 0.3 is 0 Å². The molecular formula is C47H40O7. The highest BCUT2D eigenvalue weighted by Crippen LogP contribution is 2.35. The molecule has 1 aliphatic rings. The summed E-state index contributed by atoms with van der Waals surface area (Å²) in [5.74, 6) is 1.22. The van der Waals surface area contributed by atoms with Crippen LogP contribution in [0.1, 0.15) is 16.7 Å². The van der Waals surface area contributed by atoms with E-state index in [0.29, 0.717) is 35.7 Å². The molecule has 0 bridgehead atoms. The van der Waals surface area contributed by atoms with Gasteiger partial charge in [-0.05, 0) is 40.3 Å². The largest absolute Gasteiger partial charge is 0.484 e. The van der Waals surface area contributed by atoms with Crippen LogP contribution in [0, 0.1) is 0 Å². The zero-order chi connectivity index (χ0) is 36.7. The molecule has 6 aromatic carbocycles. The van der Waals surface area contributed by atoms with Crippen LogP contribution in [0.3, 0.4) is 0 Å². The fourth-order valence-corrected chi connectivity index (χ4v) is 6.89. The molecule has 0 spiro atoms. The summed E-state index contributed by atoms with van der Waals surface area (Å²) in [6, 6.07) is 50.9. The van der Waals surface area contributed by atoms with Crippen molar-refractivity contribution in [2.24, 2.45) is 0 Å². The summed E-state index contributed by atoms with van der Waals surface area (Å²) in [5.41, 5.74) is 4.06. The molecule has 0 saturated carbocycles. The number of fused-ring (bicyclic) bond motifs is 2. The summed E-state index contributed by atoms with van der Waals surface area (Å²) >= 11 is 0. The number of benzene rings is 6. The molecule has 1 fully saturated rings. The molecule has 7 aromatic rings. The lowest BCUT2D eigenvalue weighted by molar-refractivity contribution is -0.297. The maximum atomic E-state index is 13.3. The van der Waals surface area contributed by atoms with Crippen LogP contribution in [0.15, 0.2) is 173 Å². The fourth-order valence-electron chi connectivity index (χ4n) is 6.89. The van der Waals surface area contributed by atoms with Gasteiger partial charge in [-0.3, -0.25) is 4.79 Å². The first-order valence-corrected chi connectivity index (χ1v) is 18.1. The second-order valence-electron chi connectivity index (χ2n) is 13.2. The minimum Gasteiger partial charge on any atom is -0.484 e. The topological polar surface area (TPSA) is 76.4 Å². The van der Waals surface area contributed by atoms with Crippen LogP contribution >= 0.6 is 0 Å². The van der Waals surface area contributed by atoms with E-state index in [0.717, 1.165) is 33.0 Å². The number of rotatable bonds is 12. The molecule has 270 valence electrons. The molecule has 0 radical (unpaired) electrons. The number of ether oxygens (including phenoxy) is 5. The Morgan fingerprint density at radius 2 is 1.28 bits per heavy atom. The van der Waals surface area contributed by atoms with E-state index in [1.54, 1.807) is 7.11 Å². The lowest BCUT2D eigenvalue weighted by Crippen LogP contribution is -2.61. The highest BCUT2D eigenvalue weighted by molar-refractivity contribution is 5.88. The van der Waals surface area contributed by atoms with E-state index in [-0.39, 0.29) is 5.43 Å². The van der Waals surface area contributed by atoms with Crippen molar-refractivity contribution in [3.05, 3.63) is 191 Å². The molecule has 7 heteroatoms. The third-order valence-electron chi connectivity index (χ3n) is 9.63. The smallest absolute Gasteiger partial charge is 0.193 e. The predicted molar refractivity (Wildman–Crippen MR) is 211 cm³/mol. The van der Waals surface area contributed by atoms with Crippen molar-refractivity contribution < 1.29 is 28.1 Å². The van der Waals surface area contributed by atoms with Gasteiger partial charge in [0.15, 0.2) is 17.8 Å². The summed E-state index contributed by atoms with van der Waals surface area (Å²) in [6.07, 6.45) is 0.515. The lowest BCUT2D eigenvalue weighted by atomic mass is 9.96. The zero-order valence-electron chi connectivity index (χ0n) is 29.8. The van der Waals surface area contributed by atoms with Gasteiger partial charge in [0, 0.05) is 24.1 Å². The maximum Gasteiger partial charge on any atom is 0.193 e. The molecule has 54 heavy (non-hydrogen) atoms. The first-order valence-electron chi connectivity index (χ1n) is 18.1. The van der Waals surface area contributed by atoms with Crippen molar-refractivity contribution in [2.75, 3.05) is 7.11 Å². The lowest BCUT2D eigenvalue weighted by Gasteiger charge is -2.45. The van der Waals surface area contributed by atoms with Crippen LogP contribution in [0.4, 0.5) is 0 Å². The van der Waals surface area contributed by atoms with Crippen LogP contribution < -0.4 is 10.2 Å². The minimum atomic E-state index is -0.781. The van der Waals surface area contributed by atoms with Crippen molar-refractivity contribution in [2.45, 2.75) is 43.9 Å².